The average molecular weight is 324 g/mol. The molecule has 0 aliphatic carbocycles. The number of aryl methyl sites for hydroxylation is 1. The SMILES string of the molecule is Cc1cc(C(=O)Nc2ccc(C(N)=O)c(Cl)c2)cc(Cl)n1. The summed E-state index contributed by atoms with van der Waals surface area (Å²) in [4.78, 5) is 27.2. The summed E-state index contributed by atoms with van der Waals surface area (Å²) >= 11 is 11.7. The van der Waals surface area contributed by atoms with E-state index in [4.69, 9.17) is 28.9 Å². The van der Waals surface area contributed by atoms with Gasteiger partial charge in [-0.1, -0.05) is 23.2 Å². The molecule has 0 radical (unpaired) electrons. The van der Waals surface area contributed by atoms with Crippen molar-refractivity contribution in [3.8, 4) is 0 Å². The van der Waals surface area contributed by atoms with Gasteiger partial charge >= 0.3 is 0 Å². The third kappa shape index (κ3) is 3.71. The second-order valence-corrected chi connectivity index (χ2v) is 5.13. The third-order valence-electron chi connectivity index (χ3n) is 2.68. The molecule has 0 atom stereocenters. The first kappa shape index (κ1) is 15.3. The van der Waals surface area contributed by atoms with E-state index in [-0.39, 0.29) is 21.6 Å². The monoisotopic (exact) mass is 323 g/mol. The van der Waals surface area contributed by atoms with Gasteiger partial charge in [0.25, 0.3) is 5.91 Å². The van der Waals surface area contributed by atoms with Gasteiger partial charge in [0.2, 0.25) is 5.91 Å². The van der Waals surface area contributed by atoms with Crippen LogP contribution in [0.5, 0.6) is 0 Å². The lowest BCUT2D eigenvalue weighted by molar-refractivity contribution is 0.0998. The van der Waals surface area contributed by atoms with Crippen molar-refractivity contribution < 1.29 is 9.59 Å². The Kier molecular flexibility index (Phi) is 4.45. The van der Waals surface area contributed by atoms with E-state index in [0.29, 0.717) is 16.9 Å². The van der Waals surface area contributed by atoms with Crippen molar-refractivity contribution in [2.75, 3.05) is 5.32 Å². The van der Waals surface area contributed by atoms with Crippen molar-refractivity contribution in [2.45, 2.75) is 6.92 Å². The van der Waals surface area contributed by atoms with Gasteiger partial charge in [-0.05, 0) is 37.3 Å². The lowest BCUT2D eigenvalue weighted by Crippen LogP contribution is -2.14. The number of anilines is 1. The molecule has 1 aromatic heterocycles. The summed E-state index contributed by atoms with van der Waals surface area (Å²) in [7, 11) is 0. The molecule has 0 saturated carbocycles. The Morgan fingerprint density at radius 3 is 2.48 bits per heavy atom. The molecule has 0 saturated heterocycles. The maximum Gasteiger partial charge on any atom is 0.255 e. The number of nitrogens with zero attached hydrogens (tertiary/aromatic N) is 1. The zero-order valence-electron chi connectivity index (χ0n) is 11.0. The number of aromatic nitrogens is 1. The van der Waals surface area contributed by atoms with Gasteiger partial charge in [-0.25, -0.2) is 4.98 Å². The molecule has 0 bridgehead atoms. The van der Waals surface area contributed by atoms with Gasteiger partial charge in [0.1, 0.15) is 5.15 Å². The molecule has 2 amide bonds. The quantitative estimate of drug-likeness (QED) is 0.851. The standard InChI is InChI=1S/C14H11Cl2N3O2/c1-7-4-8(5-12(16)18-7)14(21)19-9-2-3-10(13(17)20)11(15)6-9/h2-6H,1H3,(H2,17,20)(H,19,21). The second-order valence-electron chi connectivity index (χ2n) is 4.33. The zero-order chi connectivity index (χ0) is 15.6. The molecule has 0 aliphatic heterocycles. The van der Waals surface area contributed by atoms with E-state index in [0.717, 1.165) is 0 Å². The van der Waals surface area contributed by atoms with E-state index in [1.54, 1.807) is 19.1 Å². The summed E-state index contributed by atoms with van der Waals surface area (Å²) < 4.78 is 0. The van der Waals surface area contributed by atoms with Crippen molar-refractivity contribution >= 4 is 40.7 Å². The number of benzene rings is 1. The molecule has 2 rings (SSSR count). The summed E-state index contributed by atoms with van der Waals surface area (Å²) in [5.74, 6) is -0.986. The first-order valence-electron chi connectivity index (χ1n) is 5.91. The number of pyridine rings is 1. The topological polar surface area (TPSA) is 85.1 Å². The van der Waals surface area contributed by atoms with Crippen LogP contribution in [-0.4, -0.2) is 16.8 Å². The van der Waals surface area contributed by atoms with Crippen LogP contribution in [0.1, 0.15) is 26.4 Å². The summed E-state index contributed by atoms with van der Waals surface area (Å²) in [5.41, 5.74) is 6.81. The van der Waals surface area contributed by atoms with Crippen molar-refractivity contribution in [2.24, 2.45) is 5.73 Å². The number of nitrogens with two attached hydrogens (primary N) is 1. The molecule has 0 spiro atoms. The summed E-state index contributed by atoms with van der Waals surface area (Å²) in [5, 5.41) is 3.07. The van der Waals surface area contributed by atoms with Gasteiger partial charge in [-0.15, -0.1) is 0 Å². The van der Waals surface area contributed by atoms with Crippen LogP contribution in [0.2, 0.25) is 10.2 Å². The van der Waals surface area contributed by atoms with Crippen LogP contribution < -0.4 is 11.1 Å². The lowest BCUT2D eigenvalue weighted by atomic mass is 10.1. The summed E-state index contributed by atoms with van der Waals surface area (Å²) in [6.07, 6.45) is 0. The Bertz CT molecular complexity index is 712. The number of hydrogen-bond acceptors (Lipinski definition) is 3. The fourth-order valence-corrected chi connectivity index (χ4v) is 2.28. The molecular weight excluding hydrogens is 313 g/mol. The van der Waals surface area contributed by atoms with Crippen LogP contribution in [-0.2, 0) is 0 Å². The molecular formula is C14H11Cl2N3O2. The maximum atomic E-state index is 12.1. The van der Waals surface area contributed by atoms with Gasteiger partial charge in [0.15, 0.2) is 0 Å². The smallest absolute Gasteiger partial charge is 0.255 e. The average Bonchev–Trinajstić information content (AvgIpc) is 2.37. The first-order chi connectivity index (χ1) is 9.86. The number of hydrogen-bond donors (Lipinski definition) is 2. The Morgan fingerprint density at radius 1 is 1.19 bits per heavy atom. The first-order valence-corrected chi connectivity index (χ1v) is 6.67. The molecule has 21 heavy (non-hydrogen) atoms. The summed E-state index contributed by atoms with van der Waals surface area (Å²) in [6.45, 7) is 1.74. The van der Waals surface area contributed by atoms with E-state index in [1.807, 2.05) is 0 Å². The lowest BCUT2D eigenvalue weighted by Gasteiger charge is -2.08. The normalized spacial score (nSPS) is 10.2. The molecule has 0 aliphatic rings. The number of nitrogens with one attached hydrogen (secondary N) is 1. The minimum atomic E-state index is -0.630. The van der Waals surface area contributed by atoms with Crippen molar-refractivity contribution in [1.82, 2.24) is 4.98 Å². The van der Waals surface area contributed by atoms with Crippen LogP contribution in [0, 0.1) is 6.92 Å². The molecule has 3 N–H and O–H groups in total. The molecule has 1 aromatic carbocycles. The maximum absolute atomic E-state index is 12.1. The fraction of sp³-hybridized carbons (Fsp3) is 0.0714. The number of carbonyl (C=O) groups excluding carboxylic acids is 2. The van der Waals surface area contributed by atoms with Crippen molar-refractivity contribution in [1.29, 1.82) is 0 Å². The number of carbonyl (C=O) groups is 2. The Morgan fingerprint density at radius 2 is 1.90 bits per heavy atom. The van der Waals surface area contributed by atoms with Crippen LogP contribution in [0.3, 0.4) is 0 Å². The zero-order valence-corrected chi connectivity index (χ0v) is 12.5. The summed E-state index contributed by atoms with van der Waals surface area (Å²) in [6, 6.07) is 7.52. The number of primary amides is 1. The van der Waals surface area contributed by atoms with Crippen LogP contribution in [0.15, 0.2) is 30.3 Å². The number of rotatable bonds is 3. The molecule has 108 valence electrons. The highest BCUT2D eigenvalue weighted by atomic mass is 35.5. The predicted octanol–water partition coefficient (Wildman–Crippen LogP) is 3.05. The van der Waals surface area contributed by atoms with E-state index in [2.05, 4.69) is 10.3 Å². The van der Waals surface area contributed by atoms with E-state index in [1.165, 1.54) is 18.2 Å². The Labute approximate surface area is 131 Å². The van der Waals surface area contributed by atoms with Crippen LogP contribution in [0.25, 0.3) is 0 Å². The van der Waals surface area contributed by atoms with E-state index < -0.39 is 5.91 Å². The van der Waals surface area contributed by atoms with Gasteiger partial charge in [-0.2, -0.15) is 0 Å². The molecule has 1 heterocycles. The van der Waals surface area contributed by atoms with Crippen molar-refractivity contribution in [3.63, 3.8) is 0 Å². The minimum absolute atomic E-state index is 0.171. The predicted molar refractivity (Wildman–Crippen MR) is 81.9 cm³/mol. The van der Waals surface area contributed by atoms with Gasteiger partial charge < -0.3 is 11.1 Å². The second kappa shape index (κ2) is 6.11. The van der Waals surface area contributed by atoms with Gasteiger partial charge in [-0.3, -0.25) is 9.59 Å². The highest BCUT2D eigenvalue weighted by Gasteiger charge is 2.11. The highest BCUT2D eigenvalue weighted by molar-refractivity contribution is 6.34. The Balaban J connectivity index is 2.23. The third-order valence-corrected chi connectivity index (χ3v) is 3.18. The molecule has 0 unspecified atom stereocenters. The number of halogens is 2. The van der Waals surface area contributed by atoms with Crippen LogP contribution >= 0.6 is 23.2 Å². The van der Waals surface area contributed by atoms with Gasteiger partial charge in [0, 0.05) is 16.9 Å². The van der Waals surface area contributed by atoms with Crippen molar-refractivity contribution in [3.05, 3.63) is 57.3 Å². The molecule has 0 fully saturated rings. The van der Waals surface area contributed by atoms with E-state index in [9.17, 15) is 9.59 Å². The molecule has 7 heteroatoms. The van der Waals surface area contributed by atoms with Crippen LogP contribution in [0.4, 0.5) is 5.69 Å². The Hall–Kier alpha value is -2.11. The molecule has 2 aromatic rings. The highest BCUT2D eigenvalue weighted by Crippen LogP contribution is 2.21. The largest absolute Gasteiger partial charge is 0.366 e. The van der Waals surface area contributed by atoms with Gasteiger partial charge in [0.05, 0.1) is 10.6 Å². The number of amides is 2. The van der Waals surface area contributed by atoms with E-state index >= 15 is 0 Å². The molecule has 5 nitrogen and oxygen atoms in total. The minimum Gasteiger partial charge on any atom is -0.366 e. The fourth-order valence-electron chi connectivity index (χ4n) is 1.76.